The summed E-state index contributed by atoms with van der Waals surface area (Å²) in [6, 6.07) is 19.7. The zero-order valence-corrected chi connectivity index (χ0v) is 23.3. The SMILES string of the molecule is CCC(c1nc2ccccc2c(=O)n1-c1ccc(Br)cc1)N(CCC(C)C)C(=O)c1ccc2c(c1)OCO2. The van der Waals surface area contributed by atoms with Gasteiger partial charge in [-0.05, 0) is 73.4 Å². The molecule has 38 heavy (non-hydrogen) atoms. The number of aromatic nitrogens is 2. The molecule has 0 spiro atoms. The van der Waals surface area contributed by atoms with E-state index in [0.29, 0.717) is 58.4 Å². The van der Waals surface area contributed by atoms with Crippen molar-refractivity contribution in [2.45, 2.75) is 39.7 Å². The number of ether oxygens (including phenoxy) is 2. The summed E-state index contributed by atoms with van der Waals surface area (Å²) in [5.74, 6) is 1.97. The molecule has 0 radical (unpaired) electrons. The van der Waals surface area contributed by atoms with E-state index in [2.05, 4.69) is 29.8 Å². The lowest BCUT2D eigenvalue weighted by atomic mass is 10.0. The lowest BCUT2D eigenvalue weighted by molar-refractivity contribution is 0.0648. The minimum absolute atomic E-state index is 0.138. The summed E-state index contributed by atoms with van der Waals surface area (Å²) in [4.78, 5) is 34.8. The lowest BCUT2D eigenvalue weighted by Crippen LogP contribution is -2.39. The number of hydrogen-bond acceptors (Lipinski definition) is 5. The molecule has 2 heterocycles. The molecule has 1 atom stereocenters. The van der Waals surface area contributed by atoms with Crippen molar-refractivity contribution < 1.29 is 14.3 Å². The van der Waals surface area contributed by atoms with Crippen molar-refractivity contribution in [1.29, 1.82) is 0 Å². The van der Waals surface area contributed by atoms with E-state index in [-0.39, 0.29) is 18.3 Å². The summed E-state index contributed by atoms with van der Waals surface area (Å²) < 4.78 is 13.5. The van der Waals surface area contributed by atoms with E-state index in [1.165, 1.54) is 0 Å². The van der Waals surface area contributed by atoms with Crippen LogP contribution in [0.25, 0.3) is 16.6 Å². The van der Waals surface area contributed by atoms with Crippen LogP contribution < -0.4 is 15.0 Å². The van der Waals surface area contributed by atoms with Crippen molar-refractivity contribution in [1.82, 2.24) is 14.5 Å². The highest BCUT2D eigenvalue weighted by Gasteiger charge is 2.30. The standard InChI is InChI=1S/C30H30BrN3O4/c1-4-25(33(16-15-19(2)3)29(35)20-9-14-26-27(17-20)38-18-37-26)28-32-24-8-6-5-7-23(24)30(36)34(28)22-12-10-21(31)11-13-22/h5-14,17,19,25H,4,15-16,18H2,1-3H3. The summed E-state index contributed by atoms with van der Waals surface area (Å²) in [6.45, 7) is 6.95. The Bertz CT molecular complexity index is 1530. The molecule has 1 unspecified atom stereocenters. The van der Waals surface area contributed by atoms with Crippen molar-refractivity contribution in [3.05, 3.63) is 92.9 Å². The van der Waals surface area contributed by atoms with Crippen molar-refractivity contribution in [3.8, 4) is 17.2 Å². The van der Waals surface area contributed by atoms with Crippen LogP contribution in [0.3, 0.4) is 0 Å². The fourth-order valence-electron chi connectivity index (χ4n) is 4.75. The number of fused-ring (bicyclic) bond motifs is 2. The number of benzene rings is 3. The molecule has 1 aliphatic rings. The van der Waals surface area contributed by atoms with E-state index in [9.17, 15) is 9.59 Å². The maximum absolute atomic E-state index is 14.1. The maximum atomic E-state index is 14.1. The molecule has 8 heteroatoms. The quantitative estimate of drug-likeness (QED) is 0.239. The van der Waals surface area contributed by atoms with Crippen molar-refractivity contribution in [2.24, 2.45) is 5.92 Å². The topological polar surface area (TPSA) is 73.7 Å². The van der Waals surface area contributed by atoms with Crippen molar-refractivity contribution >= 4 is 32.7 Å². The van der Waals surface area contributed by atoms with Crippen LogP contribution in [0, 0.1) is 5.92 Å². The number of rotatable bonds is 8. The van der Waals surface area contributed by atoms with Crippen LogP contribution >= 0.6 is 15.9 Å². The predicted octanol–water partition coefficient (Wildman–Crippen LogP) is 6.52. The highest BCUT2D eigenvalue weighted by atomic mass is 79.9. The highest BCUT2D eigenvalue weighted by Crippen LogP contribution is 2.34. The van der Waals surface area contributed by atoms with E-state index in [1.54, 1.807) is 28.8 Å². The molecule has 0 saturated heterocycles. The largest absolute Gasteiger partial charge is 0.454 e. The number of amides is 1. The van der Waals surface area contributed by atoms with E-state index in [1.807, 2.05) is 54.3 Å². The average Bonchev–Trinajstić information content (AvgIpc) is 3.39. The molecular formula is C30H30BrN3O4. The maximum Gasteiger partial charge on any atom is 0.266 e. The Kier molecular flexibility index (Phi) is 7.51. The number of nitrogens with zero attached hydrogens (tertiary/aromatic N) is 3. The number of carbonyl (C=O) groups excluding carboxylic acids is 1. The fourth-order valence-corrected chi connectivity index (χ4v) is 5.01. The first-order valence-electron chi connectivity index (χ1n) is 12.9. The molecule has 0 N–H and O–H groups in total. The van der Waals surface area contributed by atoms with E-state index in [4.69, 9.17) is 14.5 Å². The molecule has 7 nitrogen and oxygen atoms in total. The summed E-state index contributed by atoms with van der Waals surface area (Å²) in [5.41, 5.74) is 1.66. The van der Waals surface area contributed by atoms with Gasteiger partial charge in [0.2, 0.25) is 6.79 Å². The van der Waals surface area contributed by atoms with Gasteiger partial charge in [0, 0.05) is 16.6 Å². The van der Waals surface area contributed by atoms with E-state index < -0.39 is 6.04 Å². The molecule has 5 rings (SSSR count). The van der Waals surface area contributed by atoms with Gasteiger partial charge in [0.15, 0.2) is 11.5 Å². The average molecular weight is 576 g/mol. The Morgan fingerprint density at radius 2 is 1.79 bits per heavy atom. The van der Waals surface area contributed by atoms with Gasteiger partial charge in [0.1, 0.15) is 5.82 Å². The third kappa shape index (κ3) is 5.05. The Morgan fingerprint density at radius 1 is 1.05 bits per heavy atom. The minimum atomic E-state index is -0.437. The smallest absolute Gasteiger partial charge is 0.266 e. The highest BCUT2D eigenvalue weighted by molar-refractivity contribution is 9.10. The number of hydrogen-bond donors (Lipinski definition) is 0. The van der Waals surface area contributed by atoms with Gasteiger partial charge in [-0.25, -0.2) is 4.98 Å². The number of halogens is 1. The Morgan fingerprint density at radius 3 is 2.53 bits per heavy atom. The van der Waals surface area contributed by atoms with E-state index in [0.717, 1.165) is 10.9 Å². The monoisotopic (exact) mass is 575 g/mol. The van der Waals surface area contributed by atoms with Gasteiger partial charge >= 0.3 is 0 Å². The third-order valence-corrected chi connectivity index (χ3v) is 7.30. The van der Waals surface area contributed by atoms with Crippen LogP contribution in [0.15, 0.2) is 76.0 Å². The molecule has 1 aromatic heterocycles. The second kappa shape index (κ2) is 11.0. The van der Waals surface area contributed by atoms with Crippen LogP contribution in [0.4, 0.5) is 0 Å². The van der Waals surface area contributed by atoms with Gasteiger partial charge in [-0.15, -0.1) is 0 Å². The zero-order chi connectivity index (χ0) is 26.8. The summed E-state index contributed by atoms with van der Waals surface area (Å²) in [7, 11) is 0. The first-order chi connectivity index (χ1) is 18.4. The third-order valence-electron chi connectivity index (χ3n) is 6.78. The van der Waals surface area contributed by atoms with Crippen molar-refractivity contribution in [3.63, 3.8) is 0 Å². The predicted molar refractivity (Wildman–Crippen MR) is 151 cm³/mol. The molecule has 1 aliphatic heterocycles. The molecule has 0 aliphatic carbocycles. The minimum Gasteiger partial charge on any atom is -0.454 e. The molecule has 3 aromatic carbocycles. The van der Waals surface area contributed by atoms with Crippen LogP contribution in [-0.2, 0) is 0 Å². The van der Waals surface area contributed by atoms with E-state index >= 15 is 0 Å². The van der Waals surface area contributed by atoms with Crippen molar-refractivity contribution in [2.75, 3.05) is 13.3 Å². The lowest BCUT2D eigenvalue weighted by Gasteiger charge is -2.33. The fraction of sp³-hybridized carbons (Fsp3) is 0.300. The summed E-state index contributed by atoms with van der Waals surface area (Å²) in [5, 5.41) is 0.532. The molecule has 0 fully saturated rings. The normalized spacial score (nSPS) is 13.2. The van der Waals surface area contributed by atoms with Crippen LogP contribution in [0.5, 0.6) is 11.5 Å². The molecule has 0 saturated carbocycles. The summed E-state index contributed by atoms with van der Waals surface area (Å²) >= 11 is 3.49. The number of carbonyl (C=O) groups is 1. The Labute approximate surface area is 230 Å². The molecular weight excluding hydrogens is 546 g/mol. The Balaban J connectivity index is 1.67. The second-order valence-electron chi connectivity index (χ2n) is 9.78. The van der Waals surface area contributed by atoms with Gasteiger partial charge in [-0.2, -0.15) is 0 Å². The van der Waals surface area contributed by atoms with Gasteiger partial charge in [0.05, 0.1) is 22.6 Å². The van der Waals surface area contributed by atoms with Gasteiger partial charge in [-0.3, -0.25) is 14.2 Å². The summed E-state index contributed by atoms with van der Waals surface area (Å²) in [6.07, 6.45) is 1.39. The molecule has 1 amide bonds. The Hall–Kier alpha value is -3.65. The van der Waals surface area contributed by atoms with Gasteiger partial charge in [-0.1, -0.05) is 48.8 Å². The molecule has 0 bridgehead atoms. The molecule has 4 aromatic rings. The van der Waals surface area contributed by atoms with Crippen LogP contribution in [0.2, 0.25) is 0 Å². The second-order valence-corrected chi connectivity index (χ2v) is 10.7. The van der Waals surface area contributed by atoms with Crippen LogP contribution in [-0.4, -0.2) is 33.7 Å². The first kappa shape index (κ1) is 26.0. The van der Waals surface area contributed by atoms with Gasteiger partial charge in [0.25, 0.3) is 11.5 Å². The first-order valence-corrected chi connectivity index (χ1v) is 13.6. The van der Waals surface area contributed by atoms with Crippen LogP contribution in [0.1, 0.15) is 55.8 Å². The zero-order valence-electron chi connectivity index (χ0n) is 21.7. The van der Waals surface area contributed by atoms with Gasteiger partial charge < -0.3 is 14.4 Å². The molecule has 196 valence electrons. The number of para-hydroxylation sites is 1.